The van der Waals surface area contributed by atoms with Crippen molar-refractivity contribution in [2.75, 3.05) is 18.4 Å². The molecule has 0 saturated carbocycles. The maximum Gasteiger partial charge on any atom is 0.451 e. The van der Waals surface area contributed by atoms with Crippen LogP contribution >= 0.6 is 12.4 Å². The molecule has 1 aromatic carbocycles. The van der Waals surface area contributed by atoms with Crippen molar-refractivity contribution in [2.45, 2.75) is 32.2 Å². The van der Waals surface area contributed by atoms with Crippen LogP contribution in [-0.2, 0) is 32.2 Å². The molecule has 0 fully saturated rings. The standard InChI is InChI=1S/C15H16F3N5.ClH/c16-15(17,18)14-21-20-12-9-22(6-7-23(12)14)8-11-3-1-2-10-4-5-19-13(10)11;/h1-3,19H,4-9H2;1H. The molecule has 3 heterocycles. The maximum atomic E-state index is 12.9. The molecule has 0 amide bonds. The van der Waals surface area contributed by atoms with Crippen molar-refractivity contribution in [3.8, 4) is 0 Å². The molecule has 130 valence electrons. The molecule has 24 heavy (non-hydrogen) atoms. The first-order valence-corrected chi connectivity index (χ1v) is 7.58. The van der Waals surface area contributed by atoms with E-state index in [1.807, 2.05) is 6.07 Å². The van der Waals surface area contributed by atoms with Gasteiger partial charge in [-0.15, -0.1) is 22.6 Å². The Hall–Kier alpha value is -1.80. The summed E-state index contributed by atoms with van der Waals surface area (Å²) >= 11 is 0. The monoisotopic (exact) mass is 359 g/mol. The van der Waals surface area contributed by atoms with Crippen molar-refractivity contribution in [1.82, 2.24) is 19.7 Å². The maximum absolute atomic E-state index is 12.9. The van der Waals surface area contributed by atoms with Gasteiger partial charge >= 0.3 is 6.18 Å². The number of halogens is 4. The Kier molecular flexibility index (Phi) is 4.44. The van der Waals surface area contributed by atoms with Crippen LogP contribution in [0.5, 0.6) is 0 Å². The lowest BCUT2D eigenvalue weighted by molar-refractivity contribution is -0.148. The lowest BCUT2D eigenvalue weighted by Gasteiger charge is -2.28. The Morgan fingerprint density at radius 2 is 2.00 bits per heavy atom. The summed E-state index contributed by atoms with van der Waals surface area (Å²) in [6.07, 6.45) is -3.43. The minimum atomic E-state index is -4.45. The third-order valence-corrected chi connectivity index (χ3v) is 4.41. The molecule has 2 aliphatic rings. The molecule has 5 nitrogen and oxygen atoms in total. The molecular weight excluding hydrogens is 343 g/mol. The zero-order valence-corrected chi connectivity index (χ0v) is 13.6. The number of nitrogens with one attached hydrogen (secondary N) is 1. The number of benzene rings is 1. The van der Waals surface area contributed by atoms with E-state index in [0.717, 1.165) is 13.0 Å². The number of alkyl halides is 3. The summed E-state index contributed by atoms with van der Waals surface area (Å²) in [7, 11) is 0. The Morgan fingerprint density at radius 3 is 2.79 bits per heavy atom. The number of hydrogen-bond donors (Lipinski definition) is 1. The second-order valence-electron chi connectivity index (χ2n) is 5.93. The number of hydrogen-bond acceptors (Lipinski definition) is 4. The van der Waals surface area contributed by atoms with Gasteiger partial charge < -0.3 is 9.88 Å². The van der Waals surface area contributed by atoms with Crippen LogP contribution in [0, 0.1) is 0 Å². The first-order chi connectivity index (χ1) is 11.0. The normalized spacial score (nSPS) is 17.0. The summed E-state index contributed by atoms with van der Waals surface area (Å²) < 4.78 is 39.8. The van der Waals surface area contributed by atoms with E-state index >= 15 is 0 Å². The van der Waals surface area contributed by atoms with E-state index in [9.17, 15) is 13.2 Å². The predicted molar refractivity (Wildman–Crippen MR) is 85.0 cm³/mol. The molecule has 1 aromatic heterocycles. The summed E-state index contributed by atoms with van der Waals surface area (Å²) in [6.45, 7) is 2.84. The SMILES string of the molecule is Cl.FC(F)(F)c1nnc2n1CCN(Cc1cccc3c1NCC3)C2. The molecule has 4 rings (SSSR count). The summed E-state index contributed by atoms with van der Waals surface area (Å²) in [5.41, 5.74) is 3.67. The average molecular weight is 360 g/mol. The van der Waals surface area contributed by atoms with Crippen molar-refractivity contribution in [3.63, 3.8) is 0 Å². The number of anilines is 1. The fourth-order valence-corrected chi connectivity index (χ4v) is 3.34. The third kappa shape index (κ3) is 2.95. The highest BCUT2D eigenvalue weighted by Gasteiger charge is 2.39. The molecule has 2 aromatic rings. The predicted octanol–water partition coefficient (Wildman–Crippen LogP) is 2.70. The van der Waals surface area contributed by atoms with E-state index in [2.05, 4.69) is 32.5 Å². The van der Waals surface area contributed by atoms with Gasteiger partial charge in [-0.05, 0) is 17.5 Å². The first kappa shape index (κ1) is 17.0. The molecule has 1 N–H and O–H groups in total. The van der Waals surface area contributed by atoms with Crippen LogP contribution < -0.4 is 5.32 Å². The van der Waals surface area contributed by atoms with Crippen LogP contribution in [0.2, 0.25) is 0 Å². The van der Waals surface area contributed by atoms with Crippen LogP contribution in [-0.4, -0.2) is 32.8 Å². The van der Waals surface area contributed by atoms with Crippen LogP contribution in [0.3, 0.4) is 0 Å². The number of para-hydroxylation sites is 1. The van der Waals surface area contributed by atoms with E-state index in [1.54, 1.807) is 0 Å². The van der Waals surface area contributed by atoms with E-state index in [4.69, 9.17) is 0 Å². The quantitative estimate of drug-likeness (QED) is 0.895. The highest BCUT2D eigenvalue weighted by Crippen LogP contribution is 2.31. The van der Waals surface area contributed by atoms with Gasteiger partial charge in [-0.2, -0.15) is 13.2 Å². The fraction of sp³-hybridized carbons (Fsp3) is 0.467. The molecule has 0 radical (unpaired) electrons. The van der Waals surface area contributed by atoms with Crippen molar-refractivity contribution in [1.29, 1.82) is 0 Å². The second kappa shape index (κ2) is 6.25. The molecule has 0 atom stereocenters. The lowest BCUT2D eigenvalue weighted by atomic mass is 10.1. The molecule has 9 heteroatoms. The van der Waals surface area contributed by atoms with Gasteiger partial charge in [0.2, 0.25) is 5.82 Å². The number of aromatic nitrogens is 3. The zero-order valence-electron chi connectivity index (χ0n) is 12.8. The zero-order chi connectivity index (χ0) is 16.0. The van der Waals surface area contributed by atoms with Crippen molar-refractivity contribution >= 4 is 18.1 Å². The largest absolute Gasteiger partial charge is 0.451 e. The van der Waals surface area contributed by atoms with E-state index in [0.29, 0.717) is 25.5 Å². The van der Waals surface area contributed by atoms with Gasteiger partial charge in [-0.25, -0.2) is 0 Å². The topological polar surface area (TPSA) is 46.0 Å². The highest BCUT2D eigenvalue weighted by molar-refractivity contribution is 5.85. The minimum absolute atomic E-state index is 0. The van der Waals surface area contributed by atoms with Crippen LogP contribution in [0.25, 0.3) is 0 Å². The smallest absolute Gasteiger partial charge is 0.384 e. The lowest BCUT2D eigenvalue weighted by Crippen LogP contribution is -2.35. The summed E-state index contributed by atoms with van der Waals surface area (Å²) in [5.74, 6) is -0.515. The van der Waals surface area contributed by atoms with E-state index < -0.39 is 12.0 Å². The number of rotatable bonds is 2. The minimum Gasteiger partial charge on any atom is -0.384 e. The summed E-state index contributed by atoms with van der Waals surface area (Å²) in [6, 6.07) is 6.22. The fourth-order valence-electron chi connectivity index (χ4n) is 3.34. The molecule has 2 aliphatic heterocycles. The summed E-state index contributed by atoms with van der Waals surface area (Å²) in [5, 5.41) is 10.4. The Balaban J connectivity index is 0.00000169. The van der Waals surface area contributed by atoms with Gasteiger partial charge in [0.15, 0.2) is 0 Å². The van der Waals surface area contributed by atoms with Gasteiger partial charge in [0.1, 0.15) is 5.82 Å². The molecule has 0 saturated heterocycles. The van der Waals surface area contributed by atoms with Gasteiger partial charge in [0, 0.05) is 31.9 Å². The van der Waals surface area contributed by atoms with E-state index in [-0.39, 0.29) is 19.0 Å². The number of fused-ring (bicyclic) bond motifs is 2. The van der Waals surface area contributed by atoms with Gasteiger partial charge in [0.05, 0.1) is 6.54 Å². The average Bonchev–Trinajstić information content (AvgIpc) is 3.12. The molecule has 0 aliphatic carbocycles. The molecular formula is C15H17ClF3N5. The Labute approximate surface area is 143 Å². The van der Waals surface area contributed by atoms with Crippen LogP contribution in [0.1, 0.15) is 22.8 Å². The van der Waals surface area contributed by atoms with E-state index in [1.165, 1.54) is 21.4 Å². The number of nitrogens with zero attached hydrogens (tertiary/aromatic N) is 4. The second-order valence-corrected chi connectivity index (χ2v) is 5.93. The molecule has 0 bridgehead atoms. The molecule has 0 unspecified atom stereocenters. The van der Waals surface area contributed by atoms with Gasteiger partial charge in [0.25, 0.3) is 0 Å². The van der Waals surface area contributed by atoms with Crippen molar-refractivity contribution in [2.24, 2.45) is 0 Å². The first-order valence-electron chi connectivity index (χ1n) is 7.58. The highest BCUT2D eigenvalue weighted by atomic mass is 35.5. The van der Waals surface area contributed by atoms with Gasteiger partial charge in [-0.3, -0.25) is 4.90 Å². The van der Waals surface area contributed by atoms with Crippen molar-refractivity contribution in [3.05, 3.63) is 41.0 Å². The molecule has 0 spiro atoms. The van der Waals surface area contributed by atoms with Gasteiger partial charge in [-0.1, -0.05) is 18.2 Å². The Bertz CT molecular complexity index is 743. The van der Waals surface area contributed by atoms with Crippen LogP contribution in [0.15, 0.2) is 18.2 Å². The Morgan fingerprint density at radius 1 is 1.17 bits per heavy atom. The van der Waals surface area contributed by atoms with Crippen molar-refractivity contribution < 1.29 is 13.2 Å². The third-order valence-electron chi connectivity index (χ3n) is 4.41. The summed E-state index contributed by atoms with van der Waals surface area (Å²) in [4.78, 5) is 2.11. The van der Waals surface area contributed by atoms with Crippen LogP contribution in [0.4, 0.5) is 18.9 Å².